The van der Waals surface area contributed by atoms with Crippen LogP contribution in [0.25, 0.3) is 0 Å². The van der Waals surface area contributed by atoms with Crippen molar-refractivity contribution in [2.45, 2.75) is 38.5 Å². The third-order valence-electron chi connectivity index (χ3n) is 5.43. The molecule has 0 spiro atoms. The number of carbonyl (C=O) groups excluding carboxylic acids is 1. The van der Waals surface area contributed by atoms with E-state index in [0.29, 0.717) is 0 Å². The quantitative estimate of drug-likeness (QED) is 0.662. The molecule has 132 valence electrons. The van der Waals surface area contributed by atoms with Crippen LogP contribution in [0.5, 0.6) is 0 Å². The number of allylic oxidation sites excluding steroid dienone is 2. The molecule has 0 bridgehead atoms. The molecule has 2 aliphatic carbocycles. The normalized spacial score (nSPS) is 27.9. The molecule has 0 saturated heterocycles. The molecule has 3 atom stereocenters. The van der Waals surface area contributed by atoms with Crippen LogP contribution in [-0.4, -0.2) is 18.3 Å². The van der Waals surface area contributed by atoms with Gasteiger partial charge in [-0.2, -0.15) is 10.5 Å². The fourth-order valence-electron chi connectivity index (χ4n) is 4.31. The summed E-state index contributed by atoms with van der Waals surface area (Å²) in [7, 11) is 0. The Morgan fingerprint density at radius 3 is 2.46 bits per heavy atom. The van der Waals surface area contributed by atoms with E-state index < -0.39 is 23.2 Å². The average Bonchev–Trinajstić information content (AvgIpc) is 2.68. The van der Waals surface area contributed by atoms with Gasteiger partial charge in [0.25, 0.3) is 0 Å². The van der Waals surface area contributed by atoms with Gasteiger partial charge in [-0.3, -0.25) is 0 Å². The lowest BCUT2D eigenvalue weighted by molar-refractivity contribution is -0.149. The maximum absolute atomic E-state index is 13.0. The van der Waals surface area contributed by atoms with Crippen molar-refractivity contribution in [2.24, 2.45) is 11.3 Å². The van der Waals surface area contributed by atoms with Gasteiger partial charge in [0.15, 0.2) is 0 Å². The molecule has 0 amide bonds. The summed E-state index contributed by atoms with van der Waals surface area (Å²) in [6.07, 6.45) is 3.40. The largest absolute Gasteiger partial charge is 0.464 e. The van der Waals surface area contributed by atoms with E-state index >= 15 is 0 Å². The molecule has 0 unspecified atom stereocenters. The molecule has 1 aromatic carbocycles. The van der Waals surface area contributed by atoms with Gasteiger partial charge < -0.3 is 10.1 Å². The summed E-state index contributed by atoms with van der Waals surface area (Å²) in [5.74, 6) is -2.12. The van der Waals surface area contributed by atoms with Crippen LogP contribution < -0.4 is 0 Å². The van der Waals surface area contributed by atoms with Crippen LogP contribution in [0.4, 0.5) is 0 Å². The van der Waals surface area contributed by atoms with Crippen LogP contribution in [-0.2, 0) is 9.53 Å². The summed E-state index contributed by atoms with van der Waals surface area (Å²) < 4.78 is 5.24. The predicted molar refractivity (Wildman–Crippen MR) is 96.2 cm³/mol. The SMILES string of the molecule is CCOC(=O)[C@@]1(C#N)C(=N)[C@@H](C#N)C2=C(CCCC2)[C@H]1c1ccccc1. The number of esters is 1. The smallest absolute Gasteiger partial charge is 0.333 e. The van der Waals surface area contributed by atoms with Crippen LogP contribution in [0, 0.1) is 39.4 Å². The number of carbonyl (C=O) groups is 1. The lowest BCUT2D eigenvalue weighted by Crippen LogP contribution is -2.51. The Balaban J connectivity index is 2.32. The van der Waals surface area contributed by atoms with Crippen LogP contribution in [0.2, 0.25) is 0 Å². The molecule has 0 aliphatic heterocycles. The van der Waals surface area contributed by atoms with Crippen LogP contribution in [0.3, 0.4) is 0 Å². The monoisotopic (exact) mass is 347 g/mol. The summed E-state index contributed by atoms with van der Waals surface area (Å²) in [6, 6.07) is 13.7. The Hall–Kier alpha value is -2.92. The lowest BCUT2D eigenvalue weighted by Gasteiger charge is -2.44. The minimum atomic E-state index is -1.78. The molecule has 2 aliphatic rings. The van der Waals surface area contributed by atoms with Gasteiger partial charge in [-0.05, 0) is 43.7 Å². The van der Waals surface area contributed by atoms with E-state index in [1.54, 1.807) is 6.92 Å². The summed E-state index contributed by atoms with van der Waals surface area (Å²) in [5.41, 5.74) is 0.786. The molecule has 0 fully saturated rings. The zero-order valence-corrected chi connectivity index (χ0v) is 14.8. The molecule has 5 nitrogen and oxygen atoms in total. The number of hydrogen-bond acceptors (Lipinski definition) is 5. The molecular weight excluding hydrogens is 326 g/mol. The second-order valence-corrected chi connectivity index (χ2v) is 6.72. The number of nitriles is 2. The first-order valence-corrected chi connectivity index (χ1v) is 8.95. The maximum Gasteiger partial charge on any atom is 0.333 e. The topological polar surface area (TPSA) is 97.7 Å². The van der Waals surface area contributed by atoms with Gasteiger partial charge in [-0.25, -0.2) is 4.79 Å². The molecule has 3 rings (SSSR count). The minimum Gasteiger partial charge on any atom is -0.464 e. The van der Waals surface area contributed by atoms with Crippen molar-refractivity contribution in [3.8, 4) is 12.1 Å². The predicted octanol–water partition coefficient (Wildman–Crippen LogP) is 3.89. The van der Waals surface area contributed by atoms with Crippen molar-refractivity contribution >= 4 is 11.7 Å². The number of ether oxygens (including phenoxy) is 1. The van der Waals surface area contributed by atoms with Crippen LogP contribution in [0.15, 0.2) is 41.5 Å². The first-order valence-electron chi connectivity index (χ1n) is 8.95. The van der Waals surface area contributed by atoms with E-state index in [-0.39, 0.29) is 12.3 Å². The molecule has 0 aromatic heterocycles. The highest BCUT2D eigenvalue weighted by atomic mass is 16.5. The molecule has 0 radical (unpaired) electrons. The van der Waals surface area contributed by atoms with E-state index in [1.165, 1.54) is 0 Å². The van der Waals surface area contributed by atoms with Crippen LogP contribution in [0.1, 0.15) is 44.1 Å². The Kier molecular flexibility index (Phi) is 4.91. The number of hydrogen-bond donors (Lipinski definition) is 1. The van der Waals surface area contributed by atoms with Gasteiger partial charge in [0, 0.05) is 5.92 Å². The van der Waals surface area contributed by atoms with E-state index in [9.17, 15) is 15.3 Å². The summed E-state index contributed by atoms with van der Waals surface area (Å²) in [4.78, 5) is 13.0. The van der Waals surface area contributed by atoms with E-state index in [4.69, 9.17) is 10.1 Å². The van der Waals surface area contributed by atoms with E-state index in [0.717, 1.165) is 42.4 Å². The maximum atomic E-state index is 13.0. The van der Waals surface area contributed by atoms with Gasteiger partial charge in [0.05, 0.1) is 24.5 Å². The first-order chi connectivity index (χ1) is 12.6. The van der Waals surface area contributed by atoms with Gasteiger partial charge in [0.2, 0.25) is 5.41 Å². The third-order valence-corrected chi connectivity index (χ3v) is 5.43. The summed E-state index contributed by atoms with van der Waals surface area (Å²) in [6.45, 7) is 1.81. The van der Waals surface area contributed by atoms with Gasteiger partial charge in [-0.1, -0.05) is 35.9 Å². The summed E-state index contributed by atoms with van der Waals surface area (Å²) >= 11 is 0. The molecule has 26 heavy (non-hydrogen) atoms. The highest BCUT2D eigenvalue weighted by molar-refractivity contribution is 6.13. The van der Waals surface area contributed by atoms with Crippen molar-refractivity contribution in [2.75, 3.05) is 6.61 Å². The zero-order chi connectivity index (χ0) is 18.7. The highest BCUT2D eigenvalue weighted by Gasteiger charge is 2.59. The van der Waals surface area contributed by atoms with Gasteiger partial charge >= 0.3 is 5.97 Å². The van der Waals surface area contributed by atoms with Crippen molar-refractivity contribution in [3.05, 3.63) is 47.0 Å². The Morgan fingerprint density at radius 2 is 1.88 bits per heavy atom. The molecule has 1 N–H and O–H groups in total. The van der Waals surface area contributed by atoms with Crippen molar-refractivity contribution < 1.29 is 9.53 Å². The third kappa shape index (κ3) is 2.52. The second-order valence-electron chi connectivity index (χ2n) is 6.72. The Morgan fingerprint density at radius 1 is 1.23 bits per heavy atom. The minimum absolute atomic E-state index is 0.125. The van der Waals surface area contributed by atoms with Crippen molar-refractivity contribution in [3.63, 3.8) is 0 Å². The fourth-order valence-corrected chi connectivity index (χ4v) is 4.31. The molecule has 0 heterocycles. The standard InChI is InChI=1S/C21H21N3O2/c1-2-26-20(25)21(13-23)18(14-8-4-3-5-9-14)16-11-7-6-10-15(16)17(12-22)19(21)24/h3-5,8-9,17-18,24H,2,6-7,10-11H2,1H3/t17-,18+,21+/m0/s1. The number of nitrogens with zero attached hydrogens (tertiary/aromatic N) is 2. The number of rotatable bonds is 3. The van der Waals surface area contributed by atoms with Crippen LogP contribution >= 0.6 is 0 Å². The first kappa shape index (κ1) is 17.9. The lowest BCUT2D eigenvalue weighted by atomic mass is 9.56. The van der Waals surface area contributed by atoms with Gasteiger partial charge in [-0.15, -0.1) is 0 Å². The fraction of sp³-hybridized carbons (Fsp3) is 0.429. The second kappa shape index (κ2) is 7.14. The molecular formula is C21H21N3O2. The molecule has 1 aromatic rings. The number of benzene rings is 1. The van der Waals surface area contributed by atoms with E-state index in [1.807, 2.05) is 30.3 Å². The highest BCUT2D eigenvalue weighted by Crippen LogP contribution is 2.54. The molecule has 5 heteroatoms. The Bertz CT molecular complexity index is 844. The summed E-state index contributed by atoms with van der Waals surface area (Å²) in [5, 5.41) is 28.5. The average molecular weight is 347 g/mol. The Labute approximate surface area is 153 Å². The van der Waals surface area contributed by atoms with Crippen molar-refractivity contribution in [1.82, 2.24) is 0 Å². The zero-order valence-electron chi connectivity index (χ0n) is 14.8. The number of nitrogens with one attached hydrogen (secondary N) is 1. The van der Waals surface area contributed by atoms with Crippen molar-refractivity contribution in [1.29, 1.82) is 15.9 Å². The van der Waals surface area contributed by atoms with Gasteiger partial charge in [0.1, 0.15) is 5.92 Å². The van der Waals surface area contributed by atoms with E-state index in [2.05, 4.69) is 12.1 Å². The molecule has 0 saturated carbocycles.